The van der Waals surface area contributed by atoms with E-state index in [1.807, 2.05) is 0 Å². The molecule has 3 aromatic heterocycles. The molecule has 0 bridgehead atoms. The molecule has 1 unspecified atom stereocenters. The van der Waals surface area contributed by atoms with Crippen LogP contribution < -0.4 is 26.5 Å². The van der Waals surface area contributed by atoms with Gasteiger partial charge in [-0.1, -0.05) is 28.1 Å². The molecule has 214 valence electrons. The van der Waals surface area contributed by atoms with Gasteiger partial charge in [0.2, 0.25) is 6.10 Å². The molecule has 2 amide bonds. The van der Waals surface area contributed by atoms with E-state index in [0.29, 0.717) is 16.7 Å². The average molecular weight is 623 g/mol. The van der Waals surface area contributed by atoms with E-state index in [1.54, 1.807) is 23.0 Å². The lowest BCUT2D eigenvalue weighted by Gasteiger charge is -2.50. The van der Waals surface area contributed by atoms with Gasteiger partial charge >= 0.3 is 5.97 Å². The Hall–Kier alpha value is -4.42. The Kier molecular flexibility index (Phi) is 7.45. The number of pyridine rings is 1. The van der Waals surface area contributed by atoms with Crippen LogP contribution in [0.1, 0.15) is 12.6 Å². The first kappa shape index (κ1) is 28.1. The lowest BCUT2D eigenvalue weighted by Crippen LogP contribution is -2.71. The van der Waals surface area contributed by atoms with Gasteiger partial charge in [0.25, 0.3) is 17.8 Å². The average Bonchev–Trinajstić information content (AvgIpc) is 3.45. The van der Waals surface area contributed by atoms with Gasteiger partial charge < -0.3 is 41.0 Å². The molecule has 1 fully saturated rings. The van der Waals surface area contributed by atoms with Crippen LogP contribution in [0.15, 0.2) is 39.3 Å². The number of carbonyl (C=O) groups excluding carboxylic acids is 3. The zero-order valence-electron chi connectivity index (χ0n) is 20.8. The number of nitrogens with two attached hydrogens (primary N) is 2. The van der Waals surface area contributed by atoms with E-state index in [4.69, 9.17) is 37.4 Å². The highest BCUT2D eigenvalue weighted by Gasteiger charge is 2.53. The molecule has 6 N–H and O–H groups in total. The van der Waals surface area contributed by atoms with Gasteiger partial charge in [-0.2, -0.15) is 9.55 Å². The van der Waals surface area contributed by atoms with Gasteiger partial charge in [-0.15, -0.1) is 11.8 Å². The van der Waals surface area contributed by atoms with Crippen LogP contribution >= 0.6 is 34.7 Å². The summed E-state index contributed by atoms with van der Waals surface area (Å²) in [6, 6.07) is 0.459. The van der Waals surface area contributed by atoms with Crippen molar-refractivity contribution in [1.29, 1.82) is 0 Å². The molecule has 5 heterocycles. The number of anilines is 2. The number of hydrogen-bond donors (Lipinski definition) is 4. The predicted octanol–water partition coefficient (Wildman–Crippen LogP) is -1.31. The zero-order valence-corrected chi connectivity index (χ0v) is 23.2. The number of β-lactam (4-membered cyclic amide) rings is 1. The first-order chi connectivity index (χ1) is 19.4. The van der Waals surface area contributed by atoms with Crippen LogP contribution in [0.3, 0.4) is 0 Å². The number of carboxylic acids is 2. The Morgan fingerprint density at radius 1 is 1.41 bits per heavy atom. The topological polar surface area (TPSA) is 243 Å². The second-order valence-corrected chi connectivity index (χ2v) is 11.5. The minimum atomic E-state index is -1.56. The molecule has 16 nitrogen and oxygen atoms in total. The van der Waals surface area contributed by atoms with Crippen molar-refractivity contribution in [1.82, 2.24) is 20.2 Å². The second-order valence-electron chi connectivity index (χ2n) is 8.72. The normalized spacial score (nSPS) is 19.5. The highest BCUT2D eigenvalue weighted by Crippen LogP contribution is 2.40. The highest BCUT2D eigenvalue weighted by molar-refractivity contribution is 8.00. The van der Waals surface area contributed by atoms with Crippen LogP contribution in [-0.4, -0.2) is 72.7 Å². The number of nitrogens with one attached hydrogen (secondary N) is 1. The number of oxazole rings is 1. The van der Waals surface area contributed by atoms with Crippen molar-refractivity contribution in [2.24, 2.45) is 5.16 Å². The van der Waals surface area contributed by atoms with Crippen molar-refractivity contribution in [3.63, 3.8) is 0 Å². The number of fused-ring (bicyclic) bond motifs is 2. The fraction of sp³-hybridized carbons (Fsp3) is 0.273. The Bertz CT molecular complexity index is 1670. The molecule has 1 saturated heterocycles. The molecule has 19 heteroatoms. The number of halogens is 1. The molecule has 0 aromatic carbocycles. The van der Waals surface area contributed by atoms with Gasteiger partial charge in [-0.25, -0.2) is 9.78 Å². The lowest BCUT2D eigenvalue weighted by atomic mass is 10.0. The number of aromatic nitrogens is 3. The van der Waals surface area contributed by atoms with E-state index in [0.717, 1.165) is 16.2 Å². The van der Waals surface area contributed by atoms with E-state index >= 15 is 0 Å². The SMILES string of the molecule is C[C@H](O/N=C(\C(=O)N[C@@H]1C(=O)N2C(C(=O)[O-])=C(C[n+]3ccc4oc(N)nc4c3)CSC12)c1nc(N)sc1Cl)C(=O)O. The third-order valence-corrected chi connectivity index (χ3v) is 8.42. The molecule has 41 heavy (non-hydrogen) atoms. The van der Waals surface area contributed by atoms with Crippen molar-refractivity contribution in [3.05, 3.63) is 39.8 Å². The van der Waals surface area contributed by atoms with Crippen LogP contribution in [0.25, 0.3) is 11.1 Å². The smallest absolute Gasteiger partial charge is 0.347 e. The van der Waals surface area contributed by atoms with E-state index in [9.17, 15) is 24.3 Å². The number of nitrogen functional groups attached to an aromatic ring is 2. The summed E-state index contributed by atoms with van der Waals surface area (Å²) in [5.41, 5.74) is 11.6. The lowest BCUT2D eigenvalue weighted by molar-refractivity contribution is -0.687. The molecule has 3 aromatic rings. The van der Waals surface area contributed by atoms with Crippen molar-refractivity contribution in [2.45, 2.75) is 31.0 Å². The summed E-state index contributed by atoms with van der Waals surface area (Å²) in [5, 5.41) is 26.5. The van der Waals surface area contributed by atoms with Gasteiger partial charge in [0.1, 0.15) is 21.4 Å². The van der Waals surface area contributed by atoms with Crippen LogP contribution in [0.5, 0.6) is 0 Å². The fourth-order valence-corrected chi connectivity index (χ4v) is 6.35. The summed E-state index contributed by atoms with van der Waals surface area (Å²) in [6.07, 6.45) is 1.85. The maximum absolute atomic E-state index is 13.2. The number of carbonyl (C=O) groups is 4. The van der Waals surface area contributed by atoms with Crippen LogP contribution in [0.2, 0.25) is 4.34 Å². The minimum absolute atomic E-state index is 0.00539. The largest absolute Gasteiger partial charge is 0.543 e. The van der Waals surface area contributed by atoms with Gasteiger partial charge in [0.15, 0.2) is 40.9 Å². The Morgan fingerprint density at radius 3 is 2.83 bits per heavy atom. The molecule has 2 aliphatic rings. The number of hydrogen-bond acceptors (Lipinski definition) is 14. The Balaban J connectivity index is 1.37. The fourth-order valence-electron chi connectivity index (χ4n) is 4.09. The molecule has 0 spiro atoms. The maximum atomic E-state index is 13.2. The Labute approximate surface area is 242 Å². The molecule has 0 saturated carbocycles. The van der Waals surface area contributed by atoms with E-state index in [2.05, 4.69) is 20.4 Å². The van der Waals surface area contributed by atoms with Crippen molar-refractivity contribution in [2.75, 3.05) is 17.2 Å². The molecule has 0 radical (unpaired) electrons. The van der Waals surface area contributed by atoms with Crippen LogP contribution in [0.4, 0.5) is 11.1 Å². The first-order valence-corrected chi connectivity index (χ1v) is 13.8. The summed E-state index contributed by atoms with van der Waals surface area (Å²) in [4.78, 5) is 63.5. The number of oxime groups is 1. The van der Waals surface area contributed by atoms with E-state index in [-0.39, 0.29) is 39.2 Å². The monoisotopic (exact) mass is 622 g/mol. The first-order valence-electron chi connectivity index (χ1n) is 11.6. The second kappa shape index (κ2) is 10.9. The van der Waals surface area contributed by atoms with Crippen molar-refractivity contribution < 1.29 is 43.2 Å². The highest BCUT2D eigenvalue weighted by atomic mass is 35.5. The summed E-state index contributed by atoms with van der Waals surface area (Å²) in [6.45, 7) is 1.29. The summed E-state index contributed by atoms with van der Waals surface area (Å²) < 4.78 is 6.89. The van der Waals surface area contributed by atoms with Gasteiger partial charge in [-0.05, 0) is 6.92 Å². The third-order valence-electron chi connectivity index (χ3n) is 6.00. The molecule has 2 aliphatic heterocycles. The number of carboxylic acid groups (broad SMARTS) is 2. The van der Waals surface area contributed by atoms with Gasteiger partial charge in [0, 0.05) is 17.4 Å². The summed E-state index contributed by atoms with van der Waals surface area (Å²) in [7, 11) is 0. The number of nitrogens with zero attached hydrogens (tertiary/aromatic N) is 5. The molecule has 0 aliphatic carbocycles. The predicted molar refractivity (Wildman–Crippen MR) is 142 cm³/mol. The van der Waals surface area contributed by atoms with Crippen molar-refractivity contribution in [3.8, 4) is 0 Å². The number of thiazole rings is 1. The van der Waals surface area contributed by atoms with Crippen LogP contribution in [-0.2, 0) is 30.6 Å². The number of amides is 2. The number of thioether (sulfide) groups is 1. The molecule has 5 rings (SSSR count). The third kappa shape index (κ3) is 5.35. The summed E-state index contributed by atoms with van der Waals surface area (Å²) >= 11 is 8.19. The molecular weight excluding hydrogens is 604 g/mol. The zero-order chi connectivity index (χ0) is 29.6. The number of aliphatic carboxylic acids is 2. The van der Waals surface area contributed by atoms with Crippen molar-refractivity contribution >= 4 is 86.4 Å². The van der Waals surface area contributed by atoms with Gasteiger partial charge in [-0.3, -0.25) is 14.5 Å². The standard InChI is InChI=1S/C22H19ClN8O8S2/c1-7(19(34)35)39-29-12(11-15(23)41-22(25)28-11)16(32)27-13-17(33)31-14(20(36)37)8(6-40-18(13)31)4-30-3-2-10-9(5-30)26-21(24)38-10/h2-3,5,7,13,18H,4,6H2,1H3,(H6-,24,25,26,27,28,32,34,35,36,37)/b29-12-/t7-,13+,18?/m0/s1. The van der Waals surface area contributed by atoms with E-state index in [1.165, 1.54) is 18.7 Å². The summed E-state index contributed by atoms with van der Waals surface area (Å²) in [5.74, 6) is -4.38. The molecule has 3 atom stereocenters. The van der Waals surface area contributed by atoms with Gasteiger partial charge in [0.05, 0.1) is 11.7 Å². The number of rotatable bonds is 9. The maximum Gasteiger partial charge on any atom is 0.347 e. The van der Waals surface area contributed by atoms with Crippen LogP contribution in [0, 0.1) is 0 Å². The van der Waals surface area contributed by atoms with E-state index < -0.39 is 47.0 Å². The minimum Gasteiger partial charge on any atom is -0.543 e. The quantitative estimate of drug-likeness (QED) is 0.0938. The Morgan fingerprint density at radius 2 is 2.17 bits per heavy atom. The molecular formula is C22H19ClN8O8S2.